The highest BCUT2D eigenvalue weighted by Crippen LogP contribution is 2.44. The van der Waals surface area contributed by atoms with Crippen molar-refractivity contribution in [3.63, 3.8) is 0 Å². The van der Waals surface area contributed by atoms with Gasteiger partial charge in [0.1, 0.15) is 29.1 Å². The monoisotopic (exact) mass is 486 g/mol. The highest BCUT2D eigenvalue weighted by Gasteiger charge is 2.47. The van der Waals surface area contributed by atoms with E-state index in [9.17, 15) is 14.7 Å². The molecule has 184 valence electrons. The molecule has 8 nitrogen and oxygen atoms in total. The number of likely N-dealkylation sites (tertiary alicyclic amines) is 1. The van der Waals surface area contributed by atoms with Crippen molar-refractivity contribution in [2.24, 2.45) is 0 Å². The lowest BCUT2D eigenvalue weighted by atomic mass is 9.93. The average Bonchev–Trinajstić information content (AvgIpc) is 3.39. The predicted molar refractivity (Wildman–Crippen MR) is 132 cm³/mol. The molecule has 1 fully saturated rings. The molecular formula is C28H26N2O6. The minimum Gasteiger partial charge on any atom is -0.507 e. The van der Waals surface area contributed by atoms with Crippen molar-refractivity contribution in [3.05, 3.63) is 88.8 Å². The van der Waals surface area contributed by atoms with Crippen LogP contribution in [0.15, 0.2) is 66.5 Å². The first-order valence-corrected chi connectivity index (χ1v) is 11.6. The van der Waals surface area contributed by atoms with Crippen molar-refractivity contribution in [2.45, 2.75) is 32.0 Å². The number of aliphatic hydroxyl groups excluding tert-OH is 1. The first-order chi connectivity index (χ1) is 17.4. The van der Waals surface area contributed by atoms with Gasteiger partial charge in [-0.1, -0.05) is 0 Å². The number of ether oxygens (including phenoxy) is 3. The van der Waals surface area contributed by atoms with E-state index in [1.807, 2.05) is 13.0 Å². The van der Waals surface area contributed by atoms with Crippen LogP contribution < -0.4 is 14.2 Å². The minimum absolute atomic E-state index is 0.00411. The zero-order valence-electron chi connectivity index (χ0n) is 20.2. The Labute approximate surface area is 208 Å². The van der Waals surface area contributed by atoms with E-state index in [2.05, 4.69) is 4.98 Å². The van der Waals surface area contributed by atoms with Crippen molar-refractivity contribution in [3.8, 4) is 17.2 Å². The van der Waals surface area contributed by atoms with Crippen LogP contribution in [-0.4, -0.2) is 47.0 Å². The number of fused-ring (bicyclic) bond motifs is 1. The Kier molecular flexibility index (Phi) is 6.10. The Morgan fingerprint density at radius 3 is 2.58 bits per heavy atom. The molecule has 0 aliphatic carbocycles. The standard InChI is InChI=1S/C28H26N2O6/c1-16-12-19-13-18(4-7-22(19)36-16)26(31)24-25(21-6-5-20(34-2)14-23(21)35-3)30(28(33)27(24)32)15-17-8-10-29-11-9-17/h4-11,13-14,16,25,31H,12,15H2,1-3H3/t16-,25-/m0/s1. The number of amides is 1. The number of rotatable bonds is 6. The van der Waals surface area contributed by atoms with E-state index in [4.69, 9.17) is 14.2 Å². The summed E-state index contributed by atoms with van der Waals surface area (Å²) in [4.78, 5) is 32.2. The molecule has 1 aromatic heterocycles. The lowest BCUT2D eigenvalue weighted by Gasteiger charge is -2.27. The summed E-state index contributed by atoms with van der Waals surface area (Å²) in [5.74, 6) is 0.0581. The number of hydrogen-bond acceptors (Lipinski definition) is 7. The highest BCUT2D eigenvalue weighted by atomic mass is 16.5. The summed E-state index contributed by atoms with van der Waals surface area (Å²) in [5.41, 5.74) is 2.76. The predicted octanol–water partition coefficient (Wildman–Crippen LogP) is 4.04. The van der Waals surface area contributed by atoms with Gasteiger partial charge >= 0.3 is 0 Å². The number of aromatic nitrogens is 1. The van der Waals surface area contributed by atoms with Crippen LogP contribution in [0.3, 0.4) is 0 Å². The van der Waals surface area contributed by atoms with Gasteiger partial charge in [0.05, 0.1) is 25.8 Å². The summed E-state index contributed by atoms with van der Waals surface area (Å²) >= 11 is 0. The van der Waals surface area contributed by atoms with Gasteiger partial charge < -0.3 is 24.2 Å². The average molecular weight is 487 g/mol. The zero-order valence-corrected chi connectivity index (χ0v) is 20.2. The summed E-state index contributed by atoms with van der Waals surface area (Å²) in [5, 5.41) is 11.4. The molecule has 1 N–H and O–H groups in total. The molecule has 1 amide bonds. The number of ketones is 1. The number of pyridine rings is 1. The first kappa shape index (κ1) is 23.4. The first-order valence-electron chi connectivity index (χ1n) is 11.6. The van der Waals surface area contributed by atoms with Crippen molar-refractivity contribution >= 4 is 17.4 Å². The van der Waals surface area contributed by atoms with E-state index in [0.29, 0.717) is 29.0 Å². The SMILES string of the molecule is COc1ccc([C@H]2C(=C(O)c3ccc4c(c3)C[C@H](C)O4)C(=O)C(=O)N2Cc2ccncc2)c(OC)c1. The van der Waals surface area contributed by atoms with Gasteiger partial charge in [0.2, 0.25) is 0 Å². The number of hydrogen-bond donors (Lipinski definition) is 1. The molecular weight excluding hydrogens is 460 g/mol. The van der Waals surface area contributed by atoms with Crippen LogP contribution in [0.4, 0.5) is 0 Å². The van der Waals surface area contributed by atoms with Gasteiger partial charge in [0.15, 0.2) is 0 Å². The number of nitrogens with zero attached hydrogens (tertiary/aromatic N) is 2. The second kappa shape index (κ2) is 9.37. The number of Topliss-reactive ketones (excluding diaryl/α,β-unsaturated/α-hetero) is 1. The van der Waals surface area contributed by atoms with Crippen LogP contribution in [-0.2, 0) is 22.6 Å². The molecule has 8 heteroatoms. The molecule has 2 aromatic carbocycles. The molecule has 0 unspecified atom stereocenters. The Morgan fingerprint density at radius 1 is 1.08 bits per heavy atom. The van der Waals surface area contributed by atoms with Gasteiger partial charge in [-0.3, -0.25) is 14.6 Å². The van der Waals surface area contributed by atoms with Crippen molar-refractivity contribution in [1.82, 2.24) is 9.88 Å². The molecule has 3 aromatic rings. The number of carbonyl (C=O) groups is 2. The maximum atomic E-state index is 13.4. The van der Waals surface area contributed by atoms with Crippen LogP contribution in [0.1, 0.15) is 35.2 Å². The number of aliphatic hydroxyl groups is 1. The van der Waals surface area contributed by atoms with Gasteiger partial charge in [-0.2, -0.15) is 0 Å². The van der Waals surface area contributed by atoms with Gasteiger partial charge in [0.25, 0.3) is 11.7 Å². The third kappa shape index (κ3) is 4.04. The zero-order chi connectivity index (χ0) is 25.4. The molecule has 2 aliphatic heterocycles. The van der Waals surface area contributed by atoms with E-state index >= 15 is 0 Å². The Bertz CT molecular complexity index is 1370. The van der Waals surface area contributed by atoms with Gasteiger partial charge in [0, 0.05) is 42.6 Å². The van der Waals surface area contributed by atoms with Crippen LogP contribution in [0.25, 0.3) is 5.76 Å². The molecule has 2 aliphatic rings. The summed E-state index contributed by atoms with van der Waals surface area (Å²) in [6.45, 7) is 2.12. The van der Waals surface area contributed by atoms with E-state index in [0.717, 1.165) is 16.9 Å². The molecule has 2 atom stereocenters. The van der Waals surface area contributed by atoms with E-state index in [1.54, 1.807) is 62.0 Å². The van der Waals surface area contributed by atoms with Crippen LogP contribution in [0, 0.1) is 0 Å². The molecule has 0 spiro atoms. The lowest BCUT2D eigenvalue weighted by Crippen LogP contribution is -2.29. The van der Waals surface area contributed by atoms with Crippen LogP contribution in [0.2, 0.25) is 0 Å². The second-order valence-electron chi connectivity index (χ2n) is 8.85. The quantitative estimate of drug-likeness (QED) is 0.319. The molecule has 0 radical (unpaired) electrons. The molecule has 5 rings (SSSR count). The number of carbonyl (C=O) groups excluding carboxylic acids is 2. The third-order valence-corrected chi connectivity index (χ3v) is 6.55. The minimum atomic E-state index is -0.873. The molecule has 0 bridgehead atoms. The van der Waals surface area contributed by atoms with Crippen LogP contribution in [0.5, 0.6) is 17.2 Å². The Balaban J connectivity index is 1.67. The maximum Gasteiger partial charge on any atom is 0.295 e. The normalized spacial score (nSPS) is 20.2. The van der Waals surface area contributed by atoms with Gasteiger partial charge in [-0.15, -0.1) is 0 Å². The highest BCUT2D eigenvalue weighted by molar-refractivity contribution is 6.46. The lowest BCUT2D eigenvalue weighted by molar-refractivity contribution is -0.140. The molecule has 3 heterocycles. The molecule has 0 saturated carbocycles. The smallest absolute Gasteiger partial charge is 0.295 e. The van der Waals surface area contributed by atoms with E-state index in [1.165, 1.54) is 12.0 Å². The van der Waals surface area contributed by atoms with E-state index in [-0.39, 0.29) is 24.0 Å². The Morgan fingerprint density at radius 2 is 1.86 bits per heavy atom. The fourth-order valence-corrected chi connectivity index (χ4v) is 4.82. The van der Waals surface area contributed by atoms with Crippen molar-refractivity contribution < 1.29 is 28.9 Å². The summed E-state index contributed by atoms with van der Waals surface area (Å²) < 4.78 is 16.7. The summed E-state index contributed by atoms with van der Waals surface area (Å²) in [6, 6.07) is 13.2. The number of benzene rings is 2. The van der Waals surface area contributed by atoms with Gasteiger partial charge in [-0.25, -0.2) is 0 Å². The molecule has 1 saturated heterocycles. The van der Waals surface area contributed by atoms with Crippen LogP contribution >= 0.6 is 0 Å². The largest absolute Gasteiger partial charge is 0.507 e. The second-order valence-corrected chi connectivity index (χ2v) is 8.85. The molecule has 36 heavy (non-hydrogen) atoms. The Hall–Kier alpha value is -4.33. The van der Waals surface area contributed by atoms with Crippen molar-refractivity contribution in [2.75, 3.05) is 14.2 Å². The fraction of sp³-hybridized carbons (Fsp3) is 0.250. The van der Waals surface area contributed by atoms with E-state index < -0.39 is 17.7 Å². The summed E-state index contributed by atoms with van der Waals surface area (Å²) in [6.07, 6.45) is 3.99. The number of methoxy groups -OCH3 is 2. The summed E-state index contributed by atoms with van der Waals surface area (Å²) in [7, 11) is 3.05. The fourth-order valence-electron chi connectivity index (χ4n) is 4.82. The van der Waals surface area contributed by atoms with Crippen molar-refractivity contribution in [1.29, 1.82) is 0 Å². The maximum absolute atomic E-state index is 13.4. The third-order valence-electron chi connectivity index (χ3n) is 6.55. The van der Waals surface area contributed by atoms with Gasteiger partial charge in [-0.05, 0) is 60.5 Å². The topological polar surface area (TPSA) is 98.2 Å².